The summed E-state index contributed by atoms with van der Waals surface area (Å²) in [5, 5.41) is 0. The lowest BCUT2D eigenvalue weighted by atomic mass is 9.54. The van der Waals surface area contributed by atoms with Gasteiger partial charge in [-0.15, -0.1) is 23.2 Å². The van der Waals surface area contributed by atoms with Crippen LogP contribution in [0.1, 0.15) is 22.3 Å². The standard InChI is InChI=1S/C24H14Cl2INO2/c25-23-15-5-1-2-6-16(15)24(26,18-8-4-3-7-17(18)23)20-19(23)21(29)28(22(20)30)14-11-9-13(27)10-12-14/h1-12,19-20H/t19-,20-,23?,24?/m1/s1. The number of benzene rings is 3. The van der Waals surface area contributed by atoms with Crippen LogP contribution in [0.4, 0.5) is 5.69 Å². The monoisotopic (exact) mass is 545 g/mol. The largest absolute Gasteiger partial charge is 0.274 e. The first-order valence-electron chi connectivity index (χ1n) is 9.61. The topological polar surface area (TPSA) is 37.4 Å². The minimum absolute atomic E-state index is 0.296. The third kappa shape index (κ3) is 2.03. The highest BCUT2D eigenvalue weighted by atomic mass is 127. The molecular formula is C24H14Cl2INO2. The van der Waals surface area contributed by atoms with Crippen molar-refractivity contribution in [3.63, 3.8) is 0 Å². The fraction of sp³-hybridized carbons (Fsp3) is 0.167. The number of anilines is 1. The molecule has 1 aliphatic heterocycles. The van der Waals surface area contributed by atoms with E-state index in [2.05, 4.69) is 22.6 Å². The number of halogens is 3. The Bertz CT molecular complexity index is 1130. The van der Waals surface area contributed by atoms with E-state index in [0.29, 0.717) is 5.69 Å². The van der Waals surface area contributed by atoms with Crippen LogP contribution in [-0.4, -0.2) is 11.8 Å². The van der Waals surface area contributed by atoms with Crippen LogP contribution in [-0.2, 0) is 19.3 Å². The normalized spacial score (nSPS) is 30.8. The number of alkyl halides is 2. The Hall–Kier alpha value is -1.89. The third-order valence-corrected chi connectivity index (χ3v) is 8.67. The molecule has 30 heavy (non-hydrogen) atoms. The van der Waals surface area contributed by atoms with Gasteiger partial charge in [-0.2, -0.15) is 0 Å². The van der Waals surface area contributed by atoms with E-state index in [1.165, 1.54) is 4.90 Å². The number of carbonyl (C=O) groups is 2. The quantitative estimate of drug-likeness (QED) is 0.234. The first kappa shape index (κ1) is 18.8. The van der Waals surface area contributed by atoms with Crippen LogP contribution in [0.5, 0.6) is 0 Å². The van der Waals surface area contributed by atoms with Crippen LogP contribution in [0.2, 0.25) is 0 Å². The summed E-state index contributed by atoms with van der Waals surface area (Å²) in [5.41, 5.74) is 3.80. The molecule has 0 radical (unpaired) electrons. The number of carbonyl (C=O) groups excluding carboxylic acids is 2. The van der Waals surface area contributed by atoms with Crippen molar-refractivity contribution in [1.82, 2.24) is 0 Å². The molecule has 0 unspecified atom stereocenters. The molecule has 2 amide bonds. The zero-order chi connectivity index (χ0) is 20.8. The Balaban J connectivity index is 1.66. The molecule has 1 heterocycles. The summed E-state index contributed by atoms with van der Waals surface area (Å²) in [7, 11) is 0. The first-order chi connectivity index (χ1) is 14.4. The molecule has 0 N–H and O–H groups in total. The van der Waals surface area contributed by atoms with E-state index in [1.807, 2.05) is 60.7 Å². The van der Waals surface area contributed by atoms with Gasteiger partial charge in [0.25, 0.3) is 0 Å². The van der Waals surface area contributed by atoms with Crippen LogP contribution in [0.15, 0.2) is 72.8 Å². The number of hydrogen-bond donors (Lipinski definition) is 0. The molecule has 2 atom stereocenters. The van der Waals surface area contributed by atoms with Crippen molar-refractivity contribution in [2.24, 2.45) is 11.8 Å². The van der Waals surface area contributed by atoms with Crippen molar-refractivity contribution >= 4 is 63.3 Å². The van der Waals surface area contributed by atoms with Crippen molar-refractivity contribution in [2.45, 2.75) is 9.75 Å². The SMILES string of the molecule is O=C1[C@H]2[C@H](C(=O)N1c1ccc(I)cc1)C1(Cl)c3ccccc3C2(Cl)c2ccccc21. The Kier molecular flexibility index (Phi) is 3.82. The van der Waals surface area contributed by atoms with Crippen LogP contribution in [0, 0.1) is 15.4 Å². The second-order valence-electron chi connectivity index (χ2n) is 7.96. The summed E-state index contributed by atoms with van der Waals surface area (Å²) in [4.78, 5) is 26.5. The Morgan fingerprint density at radius 3 is 1.40 bits per heavy atom. The summed E-state index contributed by atoms with van der Waals surface area (Å²) in [6.07, 6.45) is 0. The molecular weight excluding hydrogens is 532 g/mol. The van der Waals surface area contributed by atoms with Crippen LogP contribution >= 0.6 is 45.8 Å². The summed E-state index contributed by atoms with van der Waals surface area (Å²) >= 11 is 17.0. The Morgan fingerprint density at radius 1 is 0.667 bits per heavy atom. The maximum atomic E-state index is 13.8. The highest BCUT2D eigenvalue weighted by Crippen LogP contribution is 2.69. The summed E-state index contributed by atoms with van der Waals surface area (Å²) < 4.78 is 1.02. The fourth-order valence-corrected chi connectivity index (χ4v) is 6.97. The van der Waals surface area contributed by atoms with Gasteiger partial charge >= 0.3 is 0 Å². The molecule has 3 nitrogen and oxygen atoms in total. The molecule has 0 spiro atoms. The molecule has 7 rings (SSSR count). The molecule has 0 aromatic heterocycles. The van der Waals surface area contributed by atoms with E-state index in [-0.39, 0.29) is 11.8 Å². The van der Waals surface area contributed by atoms with Gasteiger partial charge in [0.2, 0.25) is 11.8 Å². The number of hydrogen-bond acceptors (Lipinski definition) is 2. The predicted molar refractivity (Wildman–Crippen MR) is 125 cm³/mol. The van der Waals surface area contributed by atoms with Gasteiger partial charge in [0.1, 0.15) is 9.75 Å². The zero-order valence-electron chi connectivity index (χ0n) is 15.5. The van der Waals surface area contributed by atoms with Crippen molar-refractivity contribution in [3.8, 4) is 0 Å². The van der Waals surface area contributed by atoms with Gasteiger partial charge in [0.15, 0.2) is 0 Å². The highest BCUT2D eigenvalue weighted by molar-refractivity contribution is 14.1. The van der Waals surface area contributed by atoms with E-state index >= 15 is 0 Å². The average Bonchev–Trinajstić information content (AvgIpc) is 3.04. The summed E-state index contributed by atoms with van der Waals surface area (Å²) in [6, 6.07) is 22.7. The van der Waals surface area contributed by atoms with E-state index in [9.17, 15) is 9.59 Å². The van der Waals surface area contributed by atoms with Gasteiger partial charge in [-0.3, -0.25) is 9.59 Å². The van der Waals surface area contributed by atoms with E-state index < -0.39 is 21.6 Å². The zero-order valence-corrected chi connectivity index (χ0v) is 19.1. The molecule has 0 saturated carbocycles. The Morgan fingerprint density at radius 2 is 1.03 bits per heavy atom. The highest BCUT2D eigenvalue weighted by Gasteiger charge is 2.73. The van der Waals surface area contributed by atoms with E-state index in [0.717, 1.165) is 25.8 Å². The van der Waals surface area contributed by atoms with Crippen LogP contribution < -0.4 is 4.90 Å². The van der Waals surface area contributed by atoms with Gasteiger partial charge in [-0.25, -0.2) is 4.90 Å². The maximum absolute atomic E-state index is 13.8. The lowest BCUT2D eigenvalue weighted by molar-refractivity contribution is -0.122. The second-order valence-corrected chi connectivity index (χ2v) is 10.4. The molecule has 3 aromatic rings. The van der Waals surface area contributed by atoms with Crippen molar-refractivity contribution < 1.29 is 9.59 Å². The molecule has 3 aliphatic carbocycles. The van der Waals surface area contributed by atoms with Gasteiger partial charge < -0.3 is 0 Å². The van der Waals surface area contributed by atoms with Crippen LogP contribution in [0.25, 0.3) is 0 Å². The average molecular weight is 546 g/mol. The summed E-state index contributed by atoms with van der Waals surface area (Å²) in [5.74, 6) is -2.13. The van der Waals surface area contributed by atoms with Gasteiger partial charge in [-0.05, 0) is 69.1 Å². The number of nitrogens with zero attached hydrogens (tertiary/aromatic N) is 1. The molecule has 6 heteroatoms. The summed E-state index contributed by atoms with van der Waals surface area (Å²) in [6.45, 7) is 0. The van der Waals surface area contributed by atoms with E-state index in [1.54, 1.807) is 12.1 Å². The maximum Gasteiger partial charge on any atom is 0.240 e. The van der Waals surface area contributed by atoms with Gasteiger partial charge in [0, 0.05) is 3.57 Å². The van der Waals surface area contributed by atoms with Gasteiger partial charge in [-0.1, -0.05) is 48.5 Å². The van der Waals surface area contributed by atoms with Crippen molar-refractivity contribution in [2.75, 3.05) is 4.90 Å². The lowest BCUT2D eigenvalue weighted by Crippen LogP contribution is -2.57. The van der Waals surface area contributed by atoms with Crippen molar-refractivity contribution in [1.29, 1.82) is 0 Å². The molecule has 3 aromatic carbocycles. The Labute approximate surface area is 197 Å². The van der Waals surface area contributed by atoms with Gasteiger partial charge in [0.05, 0.1) is 17.5 Å². The predicted octanol–water partition coefficient (Wildman–Crippen LogP) is 5.39. The number of amides is 2. The molecule has 2 bridgehead atoms. The molecule has 148 valence electrons. The number of imide groups is 1. The minimum atomic E-state index is -1.14. The van der Waals surface area contributed by atoms with Crippen LogP contribution in [0.3, 0.4) is 0 Å². The smallest absolute Gasteiger partial charge is 0.240 e. The minimum Gasteiger partial charge on any atom is -0.274 e. The van der Waals surface area contributed by atoms with E-state index in [4.69, 9.17) is 23.2 Å². The third-order valence-electron chi connectivity index (χ3n) is 6.67. The fourth-order valence-electron chi connectivity index (χ4n) is 5.51. The second kappa shape index (κ2) is 6.09. The molecule has 1 saturated heterocycles. The molecule has 4 aliphatic rings. The van der Waals surface area contributed by atoms with Crippen molar-refractivity contribution in [3.05, 3.63) is 98.6 Å². The lowest BCUT2D eigenvalue weighted by Gasteiger charge is -2.54. The molecule has 1 fully saturated rings. The first-order valence-corrected chi connectivity index (χ1v) is 11.4. The number of rotatable bonds is 1.